The first-order chi connectivity index (χ1) is 12.7. The molecule has 0 aliphatic carbocycles. The maximum absolute atomic E-state index is 5.25. The summed E-state index contributed by atoms with van der Waals surface area (Å²) in [7, 11) is 1.68. The fourth-order valence-electron chi connectivity index (χ4n) is 3.20. The summed E-state index contributed by atoms with van der Waals surface area (Å²) in [5.41, 5.74) is 6.93. The van der Waals surface area contributed by atoms with Gasteiger partial charge in [-0.15, -0.1) is 0 Å². The van der Waals surface area contributed by atoms with E-state index in [0.717, 1.165) is 22.5 Å². The fourth-order valence-corrected chi connectivity index (χ4v) is 3.20. The van der Waals surface area contributed by atoms with Crippen LogP contribution in [0.2, 0.25) is 0 Å². The SMILES string of the molecule is COc1ccc(-n2cnc3ccc(-c4ccc(C(C)C)cc4)cc32)cc1. The summed E-state index contributed by atoms with van der Waals surface area (Å²) in [6.07, 6.45) is 1.87. The molecule has 0 N–H and O–H groups in total. The van der Waals surface area contributed by atoms with Crippen LogP contribution >= 0.6 is 0 Å². The molecule has 4 rings (SSSR count). The van der Waals surface area contributed by atoms with E-state index in [1.807, 2.05) is 30.6 Å². The lowest BCUT2D eigenvalue weighted by Crippen LogP contribution is -1.92. The highest BCUT2D eigenvalue weighted by Gasteiger charge is 2.08. The highest BCUT2D eigenvalue weighted by Crippen LogP contribution is 2.27. The number of rotatable bonds is 4. The molecule has 0 radical (unpaired) electrons. The maximum atomic E-state index is 5.25. The second-order valence-corrected chi connectivity index (χ2v) is 6.79. The van der Waals surface area contributed by atoms with E-state index in [4.69, 9.17) is 4.74 Å². The van der Waals surface area contributed by atoms with Gasteiger partial charge in [0.1, 0.15) is 12.1 Å². The zero-order valence-electron chi connectivity index (χ0n) is 15.3. The topological polar surface area (TPSA) is 27.1 Å². The Balaban J connectivity index is 1.76. The third-order valence-corrected chi connectivity index (χ3v) is 4.81. The lowest BCUT2D eigenvalue weighted by atomic mass is 9.98. The van der Waals surface area contributed by atoms with Gasteiger partial charge in [0.25, 0.3) is 0 Å². The molecule has 3 nitrogen and oxygen atoms in total. The second-order valence-electron chi connectivity index (χ2n) is 6.79. The van der Waals surface area contributed by atoms with E-state index in [1.165, 1.54) is 16.7 Å². The van der Waals surface area contributed by atoms with E-state index in [9.17, 15) is 0 Å². The Morgan fingerprint density at radius 1 is 0.846 bits per heavy atom. The van der Waals surface area contributed by atoms with Crippen LogP contribution < -0.4 is 4.74 Å². The maximum Gasteiger partial charge on any atom is 0.119 e. The number of nitrogens with zero attached hydrogens (tertiary/aromatic N) is 2. The van der Waals surface area contributed by atoms with Gasteiger partial charge >= 0.3 is 0 Å². The Hall–Kier alpha value is -3.07. The van der Waals surface area contributed by atoms with Crippen LogP contribution in [0.5, 0.6) is 5.75 Å². The van der Waals surface area contributed by atoms with Gasteiger partial charge in [0.05, 0.1) is 18.1 Å². The monoisotopic (exact) mass is 342 g/mol. The van der Waals surface area contributed by atoms with Crippen LogP contribution in [0.4, 0.5) is 0 Å². The molecule has 0 spiro atoms. The van der Waals surface area contributed by atoms with Crippen LogP contribution in [0.25, 0.3) is 27.8 Å². The first kappa shape index (κ1) is 16.4. The third-order valence-electron chi connectivity index (χ3n) is 4.81. The molecule has 1 heterocycles. The van der Waals surface area contributed by atoms with Crippen molar-refractivity contribution in [1.29, 1.82) is 0 Å². The Morgan fingerprint density at radius 2 is 1.54 bits per heavy atom. The predicted octanol–water partition coefficient (Wildman–Crippen LogP) is 5.82. The molecule has 0 atom stereocenters. The molecule has 1 aromatic heterocycles. The molecule has 26 heavy (non-hydrogen) atoms. The lowest BCUT2D eigenvalue weighted by Gasteiger charge is -2.09. The summed E-state index contributed by atoms with van der Waals surface area (Å²) < 4.78 is 7.36. The zero-order valence-corrected chi connectivity index (χ0v) is 15.3. The Labute approximate surface area is 153 Å². The highest BCUT2D eigenvalue weighted by atomic mass is 16.5. The second kappa shape index (κ2) is 6.68. The molecule has 0 unspecified atom stereocenters. The first-order valence-electron chi connectivity index (χ1n) is 8.87. The van der Waals surface area contributed by atoms with E-state index in [1.54, 1.807) is 7.11 Å². The summed E-state index contributed by atoms with van der Waals surface area (Å²) in [5.74, 6) is 1.40. The van der Waals surface area contributed by atoms with Crippen LogP contribution in [0.15, 0.2) is 73.1 Å². The number of methoxy groups -OCH3 is 1. The van der Waals surface area contributed by atoms with Gasteiger partial charge < -0.3 is 4.74 Å². The normalized spacial score (nSPS) is 11.2. The Kier molecular flexibility index (Phi) is 4.21. The standard InChI is InChI=1S/C23H22N2O/c1-16(2)17-4-6-18(7-5-17)19-8-13-22-23(14-19)25(15-24-22)20-9-11-21(26-3)12-10-20/h4-16H,1-3H3. The zero-order chi connectivity index (χ0) is 18.1. The summed E-state index contributed by atoms with van der Waals surface area (Å²) in [6, 6.07) is 23.3. The number of hydrogen-bond donors (Lipinski definition) is 0. The van der Waals surface area contributed by atoms with Crippen molar-refractivity contribution in [2.24, 2.45) is 0 Å². The summed E-state index contributed by atoms with van der Waals surface area (Å²) in [6.45, 7) is 4.43. The molecule has 0 fully saturated rings. The average Bonchev–Trinajstić information content (AvgIpc) is 3.11. The van der Waals surface area contributed by atoms with E-state index >= 15 is 0 Å². The van der Waals surface area contributed by atoms with Crippen LogP contribution in [0.1, 0.15) is 25.3 Å². The lowest BCUT2D eigenvalue weighted by molar-refractivity contribution is 0.415. The molecular weight excluding hydrogens is 320 g/mol. The first-order valence-corrected chi connectivity index (χ1v) is 8.87. The Morgan fingerprint density at radius 3 is 2.19 bits per heavy atom. The molecular formula is C23H22N2O. The molecule has 0 aliphatic rings. The van der Waals surface area contributed by atoms with Crippen LogP contribution in [0.3, 0.4) is 0 Å². The van der Waals surface area contributed by atoms with E-state index in [2.05, 4.69) is 65.9 Å². The van der Waals surface area contributed by atoms with Crippen LogP contribution in [0, 0.1) is 0 Å². The van der Waals surface area contributed by atoms with E-state index in [0.29, 0.717) is 5.92 Å². The molecule has 4 aromatic rings. The number of imidazole rings is 1. The van der Waals surface area contributed by atoms with Crippen molar-refractivity contribution in [2.75, 3.05) is 7.11 Å². The van der Waals surface area contributed by atoms with Crippen molar-refractivity contribution in [3.8, 4) is 22.6 Å². The van der Waals surface area contributed by atoms with Gasteiger partial charge in [-0.1, -0.05) is 44.2 Å². The van der Waals surface area contributed by atoms with Gasteiger partial charge in [0.15, 0.2) is 0 Å². The molecule has 0 saturated heterocycles. The molecule has 0 saturated carbocycles. The largest absolute Gasteiger partial charge is 0.497 e. The van der Waals surface area contributed by atoms with Crippen molar-refractivity contribution in [3.63, 3.8) is 0 Å². The molecule has 0 aliphatic heterocycles. The molecule has 3 aromatic carbocycles. The quantitative estimate of drug-likeness (QED) is 0.467. The van der Waals surface area contributed by atoms with Gasteiger partial charge in [0, 0.05) is 5.69 Å². The average molecular weight is 342 g/mol. The number of ether oxygens (including phenoxy) is 1. The highest BCUT2D eigenvalue weighted by molar-refractivity contribution is 5.83. The van der Waals surface area contributed by atoms with Gasteiger partial charge in [-0.05, 0) is 59.0 Å². The number of benzene rings is 3. The summed E-state index contributed by atoms with van der Waals surface area (Å²) >= 11 is 0. The van der Waals surface area contributed by atoms with Crippen LogP contribution in [-0.4, -0.2) is 16.7 Å². The van der Waals surface area contributed by atoms with Crippen LogP contribution in [-0.2, 0) is 0 Å². The molecule has 0 bridgehead atoms. The minimum absolute atomic E-state index is 0.544. The summed E-state index contributed by atoms with van der Waals surface area (Å²) in [5, 5.41) is 0. The van der Waals surface area contributed by atoms with Crippen molar-refractivity contribution in [2.45, 2.75) is 19.8 Å². The smallest absolute Gasteiger partial charge is 0.119 e. The third kappa shape index (κ3) is 2.97. The van der Waals surface area contributed by atoms with Gasteiger partial charge in [-0.3, -0.25) is 4.57 Å². The molecule has 3 heteroatoms. The van der Waals surface area contributed by atoms with Crippen molar-refractivity contribution < 1.29 is 4.74 Å². The minimum Gasteiger partial charge on any atom is -0.497 e. The van der Waals surface area contributed by atoms with Crippen molar-refractivity contribution in [1.82, 2.24) is 9.55 Å². The predicted molar refractivity (Wildman–Crippen MR) is 107 cm³/mol. The van der Waals surface area contributed by atoms with E-state index in [-0.39, 0.29) is 0 Å². The van der Waals surface area contributed by atoms with Crippen molar-refractivity contribution >= 4 is 11.0 Å². The molecule has 130 valence electrons. The summed E-state index contributed by atoms with van der Waals surface area (Å²) in [4.78, 5) is 4.54. The van der Waals surface area contributed by atoms with Gasteiger partial charge in [-0.25, -0.2) is 4.98 Å². The minimum atomic E-state index is 0.544. The number of hydrogen-bond acceptors (Lipinski definition) is 2. The van der Waals surface area contributed by atoms with Gasteiger partial charge in [-0.2, -0.15) is 0 Å². The number of fused-ring (bicyclic) bond motifs is 1. The van der Waals surface area contributed by atoms with E-state index < -0.39 is 0 Å². The molecule has 0 amide bonds. The number of aromatic nitrogens is 2. The van der Waals surface area contributed by atoms with Gasteiger partial charge in [0.2, 0.25) is 0 Å². The fraction of sp³-hybridized carbons (Fsp3) is 0.174. The Bertz CT molecular complexity index is 1030. The van der Waals surface area contributed by atoms with Crippen molar-refractivity contribution in [3.05, 3.63) is 78.6 Å².